The SMILES string of the molecule is CCn1cc([N+](=O)[O-])cc1C(=O)N(C)Cc1ncn[nH]1. The summed E-state index contributed by atoms with van der Waals surface area (Å²) in [5.74, 6) is 0.237. The molecular weight excluding hydrogens is 264 g/mol. The third-order valence-electron chi connectivity index (χ3n) is 2.85. The van der Waals surface area contributed by atoms with Crippen molar-refractivity contribution >= 4 is 11.6 Å². The highest BCUT2D eigenvalue weighted by Crippen LogP contribution is 2.18. The summed E-state index contributed by atoms with van der Waals surface area (Å²) in [4.78, 5) is 27.9. The summed E-state index contributed by atoms with van der Waals surface area (Å²) in [6, 6.07) is 1.28. The molecule has 0 aliphatic heterocycles. The minimum atomic E-state index is -0.514. The van der Waals surface area contributed by atoms with E-state index in [9.17, 15) is 14.9 Å². The fourth-order valence-corrected chi connectivity index (χ4v) is 1.83. The van der Waals surface area contributed by atoms with Gasteiger partial charge in [-0.15, -0.1) is 0 Å². The van der Waals surface area contributed by atoms with E-state index >= 15 is 0 Å². The van der Waals surface area contributed by atoms with Crippen LogP contribution in [-0.4, -0.2) is 42.5 Å². The van der Waals surface area contributed by atoms with Gasteiger partial charge in [-0.1, -0.05) is 0 Å². The Morgan fingerprint density at radius 2 is 2.35 bits per heavy atom. The van der Waals surface area contributed by atoms with Crippen LogP contribution in [0, 0.1) is 10.1 Å². The zero-order valence-electron chi connectivity index (χ0n) is 11.1. The van der Waals surface area contributed by atoms with Crippen molar-refractivity contribution in [2.45, 2.75) is 20.0 Å². The topological polar surface area (TPSA) is 110 Å². The molecule has 2 aromatic rings. The Kier molecular flexibility index (Phi) is 3.78. The Hall–Kier alpha value is -2.71. The second-order valence-electron chi connectivity index (χ2n) is 4.22. The number of amides is 1. The molecule has 2 heterocycles. The van der Waals surface area contributed by atoms with Crippen LogP contribution in [0.3, 0.4) is 0 Å². The predicted octanol–water partition coefficient (Wildman–Crippen LogP) is 0.806. The predicted molar refractivity (Wildman–Crippen MR) is 68.9 cm³/mol. The highest BCUT2D eigenvalue weighted by atomic mass is 16.6. The van der Waals surface area contributed by atoms with Gasteiger partial charge in [0.1, 0.15) is 17.8 Å². The molecule has 2 aromatic heterocycles. The first-order valence-electron chi connectivity index (χ1n) is 5.97. The van der Waals surface area contributed by atoms with E-state index < -0.39 is 4.92 Å². The van der Waals surface area contributed by atoms with Crippen LogP contribution in [0.25, 0.3) is 0 Å². The standard InChI is InChI=1S/C11H14N6O3/c1-3-16-5-8(17(19)20)4-9(16)11(18)15(2)6-10-12-7-13-14-10/h4-5,7H,3,6H2,1-2H3,(H,12,13,14). The van der Waals surface area contributed by atoms with E-state index in [0.717, 1.165) is 0 Å². The first-order valence-corrected chi connectivity index (χ1v) is 5.97. The Balaban J connectivity index is 2.21. The van der Waals surface area contributed by atoms with E-state index in [-0.39, 0.29) is 23.8 Å². The molecule has 0 aliphatic carbocycles. The summed E-state index contributed by atoms with van der Waals surface area (Å²) >= 11 is 0. The van der Waals surface area contributed by atoms with Crippen molar-refractivity contribution in [2.75, 3.05) is 7.05 Å². The van der Waals surface area contributed by atoms with Crippen LogP contribution < -0.4 is 0 Å². The molecule has 20 heavy (non-hydrogen) atoms. The van der Waals surface area contributed by atoms with Crippen LogP contribution in [0.5, 0.6) is 0 Å². The van der Waals surface area contributed by atoms with E-state index in [1.807, 2.05) is 6.92 Å². The van der Waals surface area contributed by atoms with E-state index in [1.165, 1.54) is 23.5 Å². The molecule has 9 nitrogen and oxygen atoms in total. The van der Waals surface area contributed by atoms with Gasteiger partial charge in [-0.2, -0.15) is 5.10 Å². The summed E-state index contributed by atoms with van der Waals surface area (Å²) in [5, 5.41) is 17.1. The highest BCUT2D eigenvalue weighted by molar-refractivity contribution is 5.93. The number of nitrogens with one attached hydrogen (secondary N) is 1. The fraction of sp³-hybridized carbons (Fsp3) is 0.364. The van der Waals surface area contributed by atoms with Gasteiger partial charge < -0.3 is 9.47 Å². The number of aromatic nitrogens is 4. The molecule has 0 fully saturated rings. The van der Waals surface area contributed by atoms with Gasteiger partial charge in [0.05, 0.1) is 17.7 Å². The number of carbonyl (C=O) groups excluding carboxylic acids is 1. The zero-order chi connectivity index (χ0) is 14.7. The van der Waals surface area contributed by atoms with Gasteiger partial charge in [0.25, 0.3) is 11.6 Å². The molecule has 0 bridgehead atoms. The molecule has 0 saturated heterocycles. The van der Waals surface area contributed by atoms with Gasteiger partial charge in [0.15, 0.2) is 0 Å². The number of aromatic amines is 1. The third-order valence-corrected chi connectivity index (χ3v) is 2.85. The summed E-state index contributed by atoms with van der Waals surface area (Å²) in [5.41, 5.74) is 0.185. The van der Waals surface area contributed by atoms with E-state index in [0.29, 0.717) is 12.4 Å². The molecule has 0 spiro atoms. The maximum absolute atomic E-state index is 12.3. The monoisotopic (exact) mass is 278 g/mol. The smallest absolute Gasteiger partial charge is 0.287 e. The van der Waals surface area contributed by atoms with E-state index in [1.54, 1.807) is 11.6 Å². The summed E-state index contributed by atoms with van der Waals surface area (Å²) in [6.07, 6.45) is 2.71. The number of nitro groups is 1. The maximum Gasteiger partial charge on any atom is 0.287 e. The molecule has 1 amide bonds. The number of hydrogen-bond acceptors (Lipinski definition) is 5. The largest absolute Gasteiger partial charge is 0.337 e. The molecule has 0 atom stereocenters. The highest BCUT2D eigenvalue weighted by Gasteiger charge is 2.21. The average Bonchev–Trinajstić information content (AvgIpc) is 3.06. The van der Waals surface area contributed by atoms with Crippen LogP contribution in [0.15, 0.2) is 18.6 Å². The number of nitrogens with zero attached hydrogens (tertiary/aromatic N) is 5. The average molecular weight is 278 g/mol. The third kappa shape index (κ3) is 2.66. The second-order valence-corrected chi connectivity index (χ2v) is 4.22. The van der Waals surface area contributed by atoms with Crippen molar-refractivity contribution < 1.29 is 9.72 Å². The Morgan fingerprint density at radius 3 is 2.90 bits per heavy atom. The lowest BCUT2D eigenvalue weighted by atomic mass is 10.3. The van der Waals surface area contributed by atoms with Crippen molar-refractivity contribution in [1.29, 1.82) is 0 Å². The van der Waals surface area contributed by atoms with Crippen molar-refractivity contribution in [1.82, 2.24) is 24.6 Å². The molecule has 9 heteroatoms. The molecular formula is C11H14N6O3. The molecule has 0 saturated carbocycles. The van der Waals surface area contributed by atoms with Gasteiger partial charge in [0, 0.05) is 19.7 Å². The van der Waals surface area contributed by atoms with Gasteiger partial charge in [0.2, 0.25) is 0 Å². The zero-order valence-corrected chi connectivity index (χ0v) is 11.1. The van der Waals surface area contributed by atoms with Gasteiger partial charge in [-0.05, 0) is 6.92 Å². The maximum atomic E-state index is 12.3. The number of H-pyrrole nitrogens is 1. The van der Waals surface area contributed by atoms with Crippen molar-refractivity contribution in [3.8, 4) is 0 Å². The minimum absolute atomic E-state index is 0.0942. The quantitative estimate of drug-likeness (QED) is 0.642. The Bertz CT molecular complexity index is 618. The molecule has 2 rings (SSSR count). The van der Waals surface area contributed by atoms with Crippen LogP contribution >= 0.6 is 0 Å². The number of hydrogen-bond donors (Lipinski definition) is 1. The molecule has 0 aliphatic rings. The first-order chi connectivity index (χ1) is 9.52. The van der Waals surface area contributed by atoms with Gasteiger partial charge in [-0.25, -0.2) is 4.98 Å². The molecule has 1 N–H and O–H groups in total. The molecule has 0 radical (unpaired) electrons. The Morgan fingerprint density at radius 1 is 1.60 bits per heavy atom. The fourth-order valence-electron chi connectivity index (χ4n) is 1.83. The Labute approximate surface area is 114 Å². The van der Waals surface area contributed by atoms with Gasteiger partial charge in [-0.3, -0.25) is 20.0 Å². The summed E-state index contributed by atoms with van der Waals surface area (Å²) in [6.45, 7) is 2.55. The lowest BCUT2D eigenvalue weighted by Crippen LogP contribution is -2.28. The van der Waals surface area contributed by atoms with E-state index in [2.05, 4.69) is 15.2 Å². The van der Waals surface area contributed by atoms with E-state index in [4.69, 9.17) is 0 Å². The lowest BCUT2D eigenvalue weighted by molar-refractivity contribution is -0.384. The van der Waals surface area contributed by atoms with Crippen LogP contribution in [0.4, 0.5) is 5.69 Å². The molecule has 0 aromatic carbocycles. The van der Waals surface area contributed by atoms with Crippen LogP contribution in [0.2, 0.25) is 0 Å². The normalized spacial score (nSPS) is 10.5. The minimum Gasteiger partial charge on any atom is -0.337 e. The van der Waals surface area contributed by atoms with Crippen molar-refractivity contribution in [3.05, 3.63) is 40.2 Å². The summed E-state index contributed by atoms with van der Waals surface area (Å²) in [7, 11) is 1.60. The second kappa shape index (κ2) is 5.51. The summed E-state index contributed by atoms with van der Waals surface area (Å²) < 4.78 is 1.55. The number of rotatable bonds is 5. The molecule has 106 valence electrons. The van der Waals surface area contributed by atoms with Crippen LogP contribution in [0.1, 0.15) is 23.2 Å². The number of carbonyl (C=O) groups is 1. The molecule has 0 unspecified atom stereocenters. The van der Waals surface area contributed by atoms with Crippen molar-refractivity contribution in [3.63, 3.8) is 0 Å². The first kappa shape index (κ1) is 13.7. The lowest BCUT2D eigenvalue weighted by Gasteiger charge is -2.16. The van der Waals surface area contributed by atoms with Gasteiger partial charge >= 0.3 is 0 Å². The van der Waals surface area contributed by atoms with Crippen LogP contribution in [-0.2, 0) is 13.1 Å². The van der Waals surface area contributed by atoms with Crippen molar-refractivity contribution in [2.24, 2.45) is 0 Å². The number of aryl methyl sites for hydroxylation is 1.